The smallest absolute Gasteiger partial charge is 0.322 e. The maximum atomic E-state index is 13.4. The first-order chi connectivity index (χ1) is 16.0. The van der Waals surface area contributed by atoms with Crippen LogP contribution in [-0.2, 0) is 30.8 Å². The van der Waals surface area contributed by atoms with Gasteiger partial charge in [-0.15, -0.1) is 0 Å². The van der Waals surface area contributed by atoms with Crippen LogP contribution >= 0.6 is 0 Å². The zero-order chi connectivity index (χ0) is 25.0. The fourth-order valence-electron chi connectivity index (χ4n) is 3.69. The number of ether oxygens (including phenoxy) is 1. The number of carboxylic acid groups (broad SMARTS) is 1. The second-order valence-corrected chi connectivity index (χ2v) is 10.3. The molecule has 2 heterocycles. The summed E-state index contributed by atoms with van der Waals surface area (Å²) < 4.78 is 32.1. The van der Waals surface area contributed by atoms with Crippen LogP contribution in [0.1, 0.15) is 37.4 Å². The first-order valence-corrected chi connectivity index (χ1v) is 12.2. The molecule has 3 rings (SSSR count). The molecule has 3 aromatic rings. The van der Waals surface area contributed by atoms with E-state index in [2.05, 4.69) is 19.7 Å². The van der Waals surface area contributed by atoms with E-state index in [1.807, 2.05) is 13.0 Å². The van der Waals surface area contributed by atoms with Crippen molar-refractivity contribution in [2.75, 3.05) is 13.7 Å². The lowest BCUT2D eigenvalue weighted by atomic mass is 10.0. The van der Waals surface area contributed by atoms with Gasteiger partial charge in [0.1, 0.15) is 23.9 Å². The van der Waals surface area contributed by atoms with Gasteiger partial charge in [0.15, 0.2) is 0 Å². The number of carboxylic acids is 1. The number of aryl methyl sites for hydroxylation is 1. The van der Waals surface area contributed by atoms with E-state index in [-0.39, 0.29) is 17.2 Å². The van der Waals surface area contributed by atoms with E-state index in [1.165, 1.54) is 12.1 Å². The molecule has 0 amide bonds. The molecule has 11 heteroatoms. The van der Waals surface area contributed by atoms with Gasteiger partial charge in [-0.2, -0.15) is 4.31 Å². The molecule has 0 unspecified atom stereocenters. The Morgan fingerprint density at radius 3 is 2.44 bits per heavy atom. The normalized spacial score (nSPS) is 12.9. The van der Waals surface area contributed by atoms with Crippen LogP contribution in [0.5, 0.6) is 0 Å². The number of H-pyrrole nitrogens is 1. The van der Waals surface area contributed by atoms with Crippen LogP contribution in [0.2, 0.25) is 0 Å². The second kappa shape index (κ2) is 10.3. The van der Waals surface area contributed by atoms with Crippen LogP contribution in [0.15, 0.2) is 41.4 Å². The molecule has 34 heavy (non-hydrogen) atoms. The lowest BCUT2D eigenvalue weighted by molar-refractivity contribution is -0.145. The standard InChI is InChI=1S/C23H28N4O6S/c1-14(2)11-20(23(29)30)27(13-21(28)33-4)34(31,32)17-7-5-16(6-8-17)12-19-22-18(9-10-24-19)25-15(3)26-22/h5-10,14,20H,11-13H2,1-4H3,(H,25,26)(H,29,30)/t20-/m0/s1. The molecule has 182 valence electrons. The zero-order valence-corrected chi connectivity index (χ0v) is 20.3. The number of hydrogen-bond donors (Lipinski definition) is 2. The average molecular weight is 489 g/mol. The SMILES string of the molecule is COC(=O)CN([C@@H](CC(C)C)C(=O)O)S(=O)(=O)c1ccc(Cc2nccc3[nH]c(C)nc23)cc1. The minimum atomic E-state index is -4.30. The molecule has 2 aromatic heterocycles. The van der Waals surface area contributed by atoms with Gasteiger partial charge < -0.3 is 14.8 Å². The molecule has 0 saturated heterocycles. The second-order valence-electron chi connectivity index (χ2n) is 8.41. The van der Waals surface area contributed by atoms with Gasteiger partial charge in [-0.25, -0.2) is 13.4 Å². The fraction of sp³-hybridized carbons (Fsp3) is 0.391. The monoisotopic (exact) mass is 488 g/mol. The van der Waals surface area contributed by atoms with Crippen LogP contribution in [-0.4, -0.2) is 64.4 Å². The van der Waals surface area contributed by atoms with Gasteiger partial charge >= 0.3 is 11.9 Å². The number of carbonyl (C=O) groups excluding carboxylic acids is 1. The lowest BCUT2D eigenvalue weighted by Gasteiger charge is -2.28. The molecule has 0 aliphatic heterocycles. The predicted molar refractivity (Wildman–Crippen MR) is 125 cm³/mol. The fourth-order valence-corrected chi connectivity index (χ4v) is 5.23. The number of imidazole rings is 1. The Kier molecular flexibility index (Phi) is 7.68. The van der Waals surface area contributed by atoms with E-state index in [0.717, 1.165) is 35.2 Å². The Bertz CT molecular complexity index is 1280. The summed E-state index contributed by atoms with van der Waals surface area (Å²) in [6.45, 7) is 4.72. The first kappa shape index (κ1) is 25.3. The van der Waals surface area contributed by atoms with Crippen molar-refractivity contribution in [3.05, 3.63) is 53.6 Å². The number of pyridine rings is 1. The van der Waals surface area contributed by atoms with Gasteiger partial charge in [0.25, 0.3) is 0 Å². The summed E-state index contributed by atoms with van der Waals surface area (Å²) >= 11 is 0. The molecule has 0 spiro atoms. The number of esters is 1. The number of aromatic nitrogens is 3. The van der Waals surface area contributed by atoms with Gasteiger partial charge in [0.05, 0.1) is 23.2 Å². The molecule has 1 atom stereocenters. The highest BCUT2D eigenvalue weighted by atomic mass is 32.2. The van der Waals surface area contributed by atoms with Crippen molar-refractivity contribution in [2.24, 2.45) is 5.92 Å². The van der Waals surface area contributed by atoms with Crippen molar-refractivity contribution in [3.8, 4) is 0 Å². The molecular weight excluding hydrogens is 460 g/mol. The minimum absolute atomic E-state index is 0.0440. The topological polar surface area (TPSA) is 143 Å². The Hall–Kier alpha value is -3.31. The number of nitrogens with zero attached hydrogens (tertiary/aromatic N) is 3. The third kappa shape index (κ3) is 5.60. The highest BCUT2D eigenvalue weighted by Crippen LogP contribution is 2.24. The van der Waals surface area contributed by atoms with E-state index >= 15 is 0 Å². The largest absolute Gasteiger partial charge is 0.480 e. The molecule has 0 fully saturated rings. The summed E-state index contributed by atoms with van der Waals surface area (Å²) in [4.78, 5) is 35.8. The number of methoxy groups -OCH3 is 1. The summed E-state index contributed by atoms with van der Waals surface area (Å²) in [6, 6.07) is 6.51. The first-order valence-electron chi connectivity index (χ1n) is 10.7. The number of fused-ring (bicyclic) bond motifs is 1. The molecule has 0 aliphatic rings. The van der Waals surface area contributed by atoms with Crippen LogP contribution in [0, 0.1) is 12.8 Å². The number of rotatable bonds is 10. The maximum Gasteiger partial charge on any atom is 0.322 e. The quantitative estimate of drug-likeness (QED) is 0.415. The van der Waals surface area contributed by atoms with Gasteiger partial charge in [-0.3, -0.25) is 14.6 Å². The molecule has 2 N–H and O–H groups in total. The maximum absolute atomic E-state index is 13.4. The predicted octanol–water partition coefficient (Wildman–Crippen LogP) is 2.52. The number of aromatic amines is 1. The molecule has 1 aromatic carbocycles. The highest BCUT2D eigenvalue weighted by molar-refractivity contribution is 7.89. The summed E-state index contributed by atoms with van der Waals surface area (Å²) in [6.07, 6.45) is 2.15. The molecule has 0 saturated carbocycles. The summed E-state index contributed by atoms with van der Waals surface area (Å²) in [5, 5.41) is 9.71. The Morgan fingerprint density at radius 1 is 1.18 bits per heavy atom. The Balaban J connectivity index is 1.92. The Labute approximate surface area is 198 Å². The molecule has 0 aliphatic carbocycles. The number of sulfonamides is 1. The van der Waals surface area contributed by atoms with Crippen molar-refractivity contribution in [3.63, 3.8) is 0 Å². The molecular formula is C23H28N4O6S. The van der Waals surface area contributed by atoms with Crippen molar-refractivity contribution in [2.45, 2.75) is 44.6 Å². The van der Waals surface area contributed by atoms with E-state index in [0.29, 0.717) is 10.7 Å². The number of carbonyl (C=O) groups is 2. The summed E-state index contributed by atoms with van der Waals surface area (Å²) in [5.74, 6) is -1.51. The van der Waals surface area contributed by atoms with Crippen molar-refractivity contribution < 1.29 is 27.9 Å². The summed E-state index contributed by atoms with van der Waals surface area (Å²) in [7, 11) is -3.18. The zero-order valence-electron chi connectivity index (χ0n) is 19.5. The van der Waals surface area contributed by atoms with Crippen molar-refractivity contribution in [1.29, 1.82) is 0 Å². The third-order valence-corrected chi connectivity index (χ3v) is 7.21. The van der Waals surface area contributed by atoms with Crippen molar-refractivity contribution >= 4 is 33.0 Å². The summed E-state index contributed by atoms with van der Waals surface area (Å²) in [5.41, 5.74) is 3.16. The van der Waals surface area contributed by atoms with Gasteiger partial charge in [0.2, 0.25) is 10.0 Å². The lowest BCUT2D eigenvalue weighted by Crippen LogP contribution is -2.48. The van der Waals surface area contributed by atoms with Gasteiger partial charge in [0, 0.05) is 12.6 Å². The van der Waals surface area contributed by atoms with Crippen molar-refractivity contribution in [1.82, 2.24) is 19.3 Å². The third-order valence-electron chi connectivity index (χ3n) is 5.34. The molecule has 0 bridgehead atoms. The van der Waals surface area contributed by atoms with Crippen LogP contribution < -0.4 is 0 Å². The van der Waals surface area contributed by atoms with Crippen LogP contribution in [0.4, 0.5) is 0 Å². The number of benzene rings is 1. The highest BCUT2D eigenvalue weighted by Gasteiger charge is 2.38. The number of nitrogens with one attached hydrogen (secondary N) is 1. The number of aliphatic carboxylic acids is 1. The minimum Gasteiger partial charge on any atom is -0.480 e. The van der Waals surface area contributed by atoms with E-state index in [9.17, 15) is 23.1 Å². The van der Waals surface area contributed by atoms with Gasteiger partial charge in [-0.1, -0.05) is 26.0 Å². The van der Waals surface area contributed by atoms with Crippen LogP contribution in [0.25, 0.3) is 11.0 Å². The van der Waals surface area contributed by atoms with Crippen LogP contribution in [0.3, 0.4) is 0 Å². The van der Waals surface area contributed by atoms with E-state index in [1.54, 1.807) is 32.2 Å². The number of hydrogen-bond acceptors (Lipinski definition) is 7. The Morgan fingerprint density at radius 2 is 1.85 bits per heavy atom. The van der Waals surface area contributed by atoms with E-state index < -0.39 is 34.5 Å². The average Bonchev–Trinajstić information content (AvgIpc) is 3.17. The van der Waals surface area contributed by atoms with E-state index in [4.69, 9.17) is 0 Å². The van der Waals surface area contributed by atoms with Gasteiger partial charge in [-0.05, 0) is 43.0 Å². The molecule has 10 nitrogen and oxygen atoms in total. The molecule has 0 radical (unpaired) electrons.